The van der Waals surface area contributed by atoms with E-state index in [-0.39, 0.29) is 11.3 Å². The molecule has 2 heterocycles. The average Bonchev–Trinajstić information content (AvgIpc) is 2.60. The Hall–Kier alpha value is -1.98. The summed E-state index contributed by atoms with van der Waals surface area (Å²) in [5, 5.41) is 7.51. The molecule has 0 radical (unpaired) electrons. The number of fused-ring (bicyclic) bond motifs is 1. The van der Waals surface area contributed by atoms with E-state index in [1.165, 1.54) is 5.56 Å². The number of ether oxygens (including phenoxy) is 1. The minimum Gasteiger partial charge on any atom is -0.384 e. The van der Waals surface area contributed by atoms with Crippen molar-refractivity contribution in [2.24, 2.45) is 5.41 Å². The number of methoxy groups -OCH3 is 1. The highest BCUT2D eigenvalue weighted by molar-refractivity contribution is 5.98. The lowest BCUT2D eigenvalue weighted by molar-refractivity contribution is 0.0511. The van der Waals surface area contributed by atoms with Crippen molar-refractivity contribution < 1.29 is 9.53 Å². The molecule has 1 amide bonds. The molecule has 25 heavy (non-hydrogen) atoms. The third-order valence-corrected chi connectivity index (χ3v) is 5.14. The summed E-state index contributed by atoms with van der Waals surface area (Å²) in [5.74, 6) is -0.0533. The second-order valence-electron chi connectivity index (χ2n) is 7.18. The van der Waals surface area contributed by atoms with Gasteiger partial charge < -0.3 is 15.4 Å². The van der Waals surface area contributed by atoms with Gasteiger partial charge in [0.2, 0.25) is 0 Å². The molecule has 3 rings (SSSR count). The van der Waals surface area contributed by atoms with Gasteiger partial charge in [-0.05, 0) is 58.0 Å². The number of pyridine rings is 1. The monoisotopic (exact) mass is 341 g/mol. The van der Waals surface area contributed by atoms with Crippen LogP contribution >= 0.6 is 0 Å². The Bertz CT molecular complexity index is 761. The van der Waals surface area contributed by atoms with Crippen molar-refractivity contribution >= 4 is 16.8 Å². The molecule has 134 valence electrons. The van der Waals surface area contributed by atoms with E-state index in [0.29, 0.717) is 18.7 Å². The van der Waals surface area contributed by atoms with E-state index in [2.05, 4.69) is 21.7 Å². The summed E-state index contributed by atoms with van der Waals surface area (Å²) in [4.78, 5) is 17.4. The smallest absolute Gasteiger partial charge is 0.253 e. The van der Waals surface area contributed by atoms with Gasteiger partial charge in [0.05, 0.1) is 23.4 Å². The second kappa shape index (κ2) is 7.50. The maximum absolute atomic E-state index is 12.8. The standard InChI is InChI=1S/C20H27N3O2/c1-14-4-5-18-16(10-14)11-17(15(2)23-18)19(24)22-12-20(13-25-3)6-8-21-9-7-20/h4-5,10-11,21H,6-9,12-13H2,1-3H3,(H,22,24). The second-order valence-corrected chi connectivity index (χ2v) is 7.18. The Labute approximate surface area is 149 Å². The number of carbonyl (C=O) groups is 1. The Morgan fingerprint density at radius 3 is 2.76 bits per heavy atom. The Balaban J connectivity index is 1.78. The van der Waals surface area contributed by atoms with E-state index >= 15 is 0 Å². The molecule has 0 atom stereocenters. The van der Waals surface area contributed by atoms with Gasteiger partial charge in [-0.15, -0.1) is 0 Å². The first kappa shape index (κ1) is 17.8. The molecule has 0 spiro atoms. The minimum absolute atomic E-state index is 0.0183. The third-order valence-electron chi connectivity index (χ3n) is 5.14. The van der Waals surface area contributed by atoms with Gasteiger partial charge in [0, 0.05) is 24.5 Å². The molecule has 1 aromatic heterocycles. The number of aromatic nitrogens is 1. The highest BCUT2D eigenvalue weighted by Gasteiger charge is 2.32. The van der Waals surface area contributed by atoms with E-state index in [1.807, 2.05) is 32.0 Å². The quantitative estimate of drug-likeness (QED) is 0.877. The highest BCUT2D eigenvalue weighted by Crippen LogP contribution is 2.28. The number of amides is 1. The molecule has 0 unspecified atom stereocenters. The van der Waals surface area contributed by atoms with E-state index in [4.69, 9.17) is 4.74 Å². The molecule has 1 aliphatic rings. The molecule has 0 saturated carbocycles. The van der Waals surface area contributed by atoms with Crippen LogP contribution in [0.3, 0.4) is 0 Å². The number of hydrogen-bond donors (Lipinski definition) is 2. The molecule has 5 nitrogen and oxygen atoms in total. The zero-order chi connectivity index (χ0) is 17.9. The van der Waals surface area contributed by atoms with Gasteiger partial charge in [-0.3, -0.25) is 9.78 Å². The highest BCUT2D eigenvalue weighted by atomic mass is 16.5. The maximum Gasteiger partial charge on any atom is 0.253 e. The van der Waals surface area contributed by atoms with Crippen LogP contribution in [0.2, 0.25) is 0 Å². The Morgan fingerprint density at radius 2 is 2.04 bits per heavy atom. The van der Waals surface area contributed by atoms with Crippen LogP contribution in [-0.4, -0.2) is 44.2 Å². The number of nitrogens with zero attached hydrogens (tertiary/aromatic N) is 1. The van der Waals surface area contributed by atoms with Gasteiger partial charge in [-0.2, -0.15) is 0 Å². The van der Waals surface area contributed by atoms with Crippen LogP contribution in [0.15, 0.2) is 24.3 Å². The fourth-order valence-corrected chi connectivity index (χ4v) is 3.62. The topological polar surface area (TPSA) is 63.2 Å². The molecule has 0 aliphatic carbocycles. The Morgan fingerprint density at radius 1 is 1.28 bits per heavy atom. The predicted molar refractivity (Wildman–Crippen MR) is 100.0 cm³/mol. The lowest BCUT2D eigenvalue weighted by atomic mass is 9.79. The first-order valence-electron chi connectivity index (χ1n) is 8.89. The van der Waals surface area contributed by atoms with Crippen molar-refractivity contribution in [2.45, 2.75) is 26.7 Å². The number of piperidine rings is 1. The molecule has 2 aromatic rings. The first-order chi connectivity index (χ1) is 12.0. The summed E-state index contributed by atoms with van der Waals surface area (Å²) in [7, 11) is 1.73. The van der Waals surface area contributed by atoms with Gasteiger partial charge in [-0.1, -0.05) is 11.6 Å². The zero-order valence-corrected chi connectivity index (χ0v) is 15.3. The predicted octanol–water partition coefficient (Wildman–Crippen LogP) is 2.60. The van der Waals surface area contributed by atoms with Crippen LogP contribution in [0.4, 0.5) is 0 Å². The number of benzene rings is 1. The van der Waals surface area contributed by atoms with E-state index in [0.717, 1.165) is 42.5 Å². The Kier molecular flexibility index (Phi) is 5.35. The molecular formula is C20H27N3O2. The van der Waals surface area contributed by atoms with E-state index in [1.54, 1.807) is 7.11 Å². The summed E-state index contributed by atoms with van der Waals surface area (Å²) < 4.78 is 5.43. The molecule has 1 saturated heterocycles. The third kappa shape index (κ3) is 3.99. The average molecular weight is 341 g/mol. The largest absolute Gasteiger partial charge is 0.384 e. The summed E-state index contributed by atoms with van der Waals surface area (Å²) in [6.45, 7) is 7.17. The molecule has 1 aromatic carbocycles. The van der Waals surface area contributed by atoms with Crippen LogP contribution in [0.25, 0.3) is 10.9 Å². The van der Waals surface area contributed by atoms with Crippen molar-refractivity contribution in [3.05, 3.63) is 41.1 Å². The fourth-order valence-electron chi connectivity index (χ4n) is 3.62. The molecule has 1 aliphatic heterocycles. The van der Waals surface area contributed by atoms with E-state index < -0.39 is 0 Å². The fraction of sp³-hybridized carbons (Fsp3) is 0.500. The molecule has 0 bridgehead atoms. The van der Waals surface area contributed by atoms with Crippen LogP contribution in [-0.2, 0) is 4.74 Å². The van der Waals surface area contributed by atoms with Crippen LogP contribution in [0.1, 0.15) is 34.5 Å². The minimum atomic E-state index is -0.0533. The maximum atomic E-state index is 12.8. The molecular weight excluding hydrogens is 314 g/mol. The van der Waals surface area contributed by atoms with Gasteiger partial charge in [0.15, 0.2) is 0 Å². The van der Waals surface area contributed by atoms with Crippen molar-refractivity contribution in [1.29, 1.82) is 0 Å². The summed E-state index contributed by atoms with van der Waals surface area (Å²) >= 11 is 0. The van der Waals surface area contributed by atoms with Crippen LogP contribution in [0.5, 0.6) is 0 Å². The van der Waals surface area contributed by atoms with Gasteiger partial charge in [0.25, 0.3) is 5.91 Å². The van der Waals surface area contributed by atoms with Gasteiger partial charge in [0.1, 0.15) is 0 Å². The van der Waals surface area contributed by atoms with Crippen molar-refractivity contribution in [1.82, 2.24) is 15.6 Å². The van der Waals surface area contributed by atoms with Gasteiger partial charge >= 0.3 is 0 Å². The number of rotatable bonds is 5. The number of carbonyl (C=O) groups excluding carboxylic acids is 1. The van der Waals surface area contributed by atoms with Crippen molar-refractivity contribution in [3.63, 3.8) is 0 Å². The molecule has 5 heteroatoms. The lowest BCUT2D eigenvalue weighted by Gasteiger charge is -2.37. The first-order valence-corrected chi connectivity index (χ1v) is 8.89. The number of nitrogens with one attached hydrogen (secondary N) is 2. The van der Waals surface area contributed by atoms with E-state index in [9.17, 15) is 4.79 Å². The number of aryl methyl sites for hydroxylation is 2. The number of hydrogen-bond acceptors (Lipinski definition) is 4. The van der Waals surface area contributed by atoms with Crippen molar-refractivity contribution in [2.75, 3.05) is 33.4 Å². The van der Waals surface area contributed by atoms with Crippen molar-refractivity contribution in [3.8, 4) is 0 Å². The van der Waals surface area contributed by atoms with Crippen LogP contribution in [0, 0.1) is 19.3 Å². The van der Waals surface area contributed by atoms with Crippen LogP contribution < -0.4 is 10.6 Å². The SMILES string of the molecule is COCC1(CNC(=O)c2cc3cc(C)ccc3nc2C)CCNCC1. The molecule has 2 N–H and O–H groups in total. The normalized spacial score (nSPS) is 16.8. The zero-order valence-electron chi connectivity index (χ0n) is 15.3. The summed E-state index contributed by atoms with van der Waals surface area (Å²) in [6, 6.07) is 8.06. The summed E-state index contributed by atoms with van der Waals surface area (Å²) in [6.07, 6.45) is 2.02. The molecule has 1 fully saturated rings. The lowest BCUT2D eigenvalue weighted by Crippen LogP contribution is -2.47. The summed E-state index contributed by atoms with van der Waals surface area (Å²) in [5.41, 5.74) is 3.52. The van der Waals surface area contributed by atoms with Gasteiger partial charge in [-0.25, -0.2) is 0 Å².